The van der Waals surface area contributed by atoms with E-state index >= 15 is 0 Å². The number of rotatable bonds is 1. The first-order chi connectivity index (χ1) is 11.1. The standard InChI is InChI=1S/C15H12N6O2/c1-20-7-8(5-18-20)13-10-6-17-19-14(22)9-3-2-4-11(12(9)10)21(13)15(16)23/h2-7H,1H3,(H2,16,23)(H,19,22). The highest BCUT2D eigenvalue weighted by Gasteiger charge is 2.26. The lowest BCUT2D eigenvalue weighted by atomic mass is 10.0. The Kier molecular flexibility index (Phi) is 2.61. The van der Waals surface area contributed by atoms with Crippen molar-refractivity contribution in [3.05, 3.63) is 41.7 Å². The predicted molar refractivity (Wildman–Crippen MR) is 84.2 cm³/mol. The first-order valence-electron chi connectivity index (χ1n) is 6.87. The van der Waals surface area contributed by atoms with E-state index in [0.717, 1.165) is 0 Å². The zero-order valence-electron chi connectivity index (χ0n) is 12.1. The Morgan fingerprint density at radius 1 is 1.35 bits per heavy atom. The average molecular weight is 308 g/mol. The highest BCUT2D eigenvalue weighted by Crippen LogP contribution is 2.35. The van der Waals surface area contributed by atoms with Crippen molar-refractivity contribution in [2.24, 2.45) is 17.9 Å². The van der Waals surface area contributed by atoms with Crippen molar-refractivity contribution in [2.75, 3.05) is 0 Å². The molecule has 0 fully saturated rings. The number of hydrazone groups is 1. The van der Waals surface area contributed by atoms with Gasteiger partial charge in [-0.25, -0.2) is 10.2 Å². The second-order valence-corrected chi connectivity index (χ2v) is 5.24. The molecule has 114 valence electrons. The average Bonchev–Trinajstić information content (AvgIpc) is 3.03. The van der Waals surface area contributed by atoms with Crippen LogP contribution in [0.2, 0.25) is 0 Å². The van der Waals surface area contributed by atoms with E-state index in [9.17, 15) is 9.59 Å². The van der Waals surface area contributed by atoms with Gasteiger partial charge in [-0.1, -0.05) is 6.07 Å². The zero-order valence-corrected chi connectivity index (χ0v) is 12.1. The van der Waals surface area contributed by atoms with Crippen LogP contribution in [0.1, 0.15) is 15.9 Å². The van der Waals surface area contributed by atoms with E-state index in [2.05, 4.69) is 15.6 Å². The van der Waals surface area contributed by atoms with Crippen LogP contribution in [0.4, 0.5) is 4.79 Å². The van der Waals surface area contributed by atoms with Gasteiger partial charge in [0.25, 0.3) is 5.91 Å². The summed E-state index contributed by atoms with van der Waals surface area (Å²) in [5, 5.41) is 8.72. The summed E-state index contributed by atoms with van der Waals surface area (Å²) < 4.78 is 3.01. The molecule has 1 aliphatic heterocycles. The lowest BCUT2D eigenvalue weighted by molar-refractivity contribution is 0.0957. The van der Waals surface area contributed by atoms with Crippen LogP contribution >= 0.6 is 0 Å². The van der Waals surface area contributed by atoms with Gasteiger partial charge in [0.2, 0.25) is 0 Å². The van der Waals surface area contributed by atoms with Crippen LogP contribution < -0.4 is 11.2 Å². The third-order valence-corrected chi connectivity index (χ3v) is 3.83. The van der Waals surface area contributed by atoms with Crippen LogP contribution in [0.25, 0.3) is 22.2 Å². The molecule has 0 atom stereocenters. The summed E-state index contributed by atoms with van der Waals surface area (Å²) in [6, 6.07) is 4.51. The number of hydrogen-bond donors (Lipinski definition) is 2. The Morgan fingerprint density at radius 3 is 2.87 bits per heavy atom. The van der Waals surface area contributed by atoms with Crippen molar-refractivity contribution in [3.63, 3.8) is 0 Å². The molecule has 3 N–H and O–H groups in total. The highest BCUT2D eigenvalue weighted by molar-refractivity contribution is 6.19. The van der Waals surface area contributed by atoms with Crippen molar-refractivity contribution in [3.8, 4) is 11.3 Å². The van der Waals surface area contributed by atoms with Gasteiger partial charge in [-0.15, -0.1) is 0 Å². The van der Waals surface area contributed by atoms with Crippen LogP contribution in [-0.4, -0.2) is 32.5 Å². The van der Waals surface area contributed by atoms with Gasteiger partial charge in [-0.05, 0) is 12.1 Å². The van der Waals surface area contributed by atoms with Crippen molar-refractivity contribution in [2.45, 2.75) is 0 Å². The number of nitrogens with one attached hydrogen (secondary N) is 1. The fraction of sp³-hybridized carbons (Fsp3) is 0.0667. The largest absolute Gasteiger partial charge is 0.351 e. The van der Waals surface area contributed by atoms with Crippen molar-refractivity contribution < 1.29 is 9.59 Å². The van der Waals surface area contributed by atoms with Gasteiger partial charge in [-0.3, -0.25) is 14.0 Å². The van der Waals surface area contributed by atoms with E-state index in [1.54, 1.807) is 42.3 Å². The third kappa shape index (κ3) is 1.78. The van der Waals surface area contributed by atoms with Gasteiger partial charge < -0.3 is 5.73 Å². The summed E-state index contributed by atoms with van der Waals surface area (Å²) in [6.07, 6.45) is 4.94. The predicted octanol–water partition coefficient (Wildman–Crippen LogP) is 1.05. The number of nitrogens with zero attached hydrogens (tertiary/aromatic N) is 4. The maximum Gasteiger partial charge on any atom is 0.323 e. The molecule has 3 heterocycles. The first kappa shape index (κ1) is 13.3. The molecule has 1 aliphatic rings. The van der Waals surface area contributed by atoms with Crippen molar-refractivity contribution in [1.82, 2.24) is 19.8 Å². The van der Waals surface area contributed by atoms with Gasteiger partial charge in [-0.2, -0.15) is 10.2 Å². The number of aryl methyl sites for hydroxylation is 1. The van der Waals surface area contributed by atoms with Gasteiger partial charge in [0.05, 0.1) is 29.2 Å². The summed E-state index contributed by atoms with van der Waals surface area (Å²) in [4.78, 5) is 24.2. The van der Waals surface area contributed by atoms with Gasteiger partial charge >= 0.3 is 6.03 Å². The Bertz CT molecular complexity index is 1010. The normalized spacial score (nSPS) is 13.2. The molecule has 0 unspecified atom stereocenters. The van der Waals surface area contributed by atoms with E-state index in [1.165, 1.54) is 10.8 Å². The Hall–Kier alpha value is -3.42. The second-order valence-electron chi connectivity index (χ2n) is 5.24. The number of carbonyl (C=O) groups excluding carboxylic acids is 2. The van der Waals surface area contributed by atoms with Gasteiger partial charge in [0, 0.05) is 29.8 Å². The number of hydrogen-bond acceptors (Lipinski definition) is 4. The van der Waals surface area contributed by atoms with Crippen LogP contribution in [0.5, 0.6) is 0 Å². The summed E-state index contributed by atoms with van der Waals surface area (Å²) in [7, 11) is 1.78. The number of benzene rings is 1. The molecule has 4 rings (SSSR count). The van der Waals surface area contributed by atoms with E-state index in [4.69, 9.17) is 5.73 Å². The first-order valence-corrected chi connectivity index (χ1v) is 6.87. The monoisotopic (exact) mass is 308 g/mol. The number of carbonyl (C=O) groups is 2. The molecule has 3 aromatic rings. The molecule has 0 radical (unpaired) electrons. The minimum absolute atomic E-state index is 0.329. The summed E-state index contributed by atoms with van der Waals surface area (Å²) in [5.74, 6) is -0.329. The SMILES string of the molecule is Cn1cc(-c2c3c4c(cccc4n2C(N)=O)C(=O)NN=C3)cn1. The Morgan fingerprint density at radius 2 is 2.17 bits per heavy atom. The summed E-state index contributed by atoms with van der Waals surface area (Å²) in [6.45, 7) is 0. The van der Waals surface area contributed by atoms with E-state index in [-0.39, 0.29) is 5.91 Å². The van der Waals surface area contributed by atoms with Crippen molar-refractivity contribution >= 4 is 29.1 Å². The van der Waals surface area contributed by atoms with E-state index in [1.807, 2.05) is 0 Å². The van der Waals surface area contributed by atoms with Crippen LogP contribution in [0, 0.1) is 0 Å². The highest BCUT2D eigenvalue weighted by atomic mass is 16.2. The molecule has 1 aromatic carbocycles. The fourth-order valence-corrected chi connectivity index (χ4v) is 2.96. The molecule has 23 heavy (non-hydrogen) atoms. The molecule has 0 saturated carbocycles. The molecule has 2 aromatic heterocycles. The van der Waals surface area contributed by atoms with Gasteiger partial charge in [0.15, 0.2) is 0 Å². The number of amides is 2. The van der Waals surface area contributed by atoms with E-state index in [0.29, 0.717) is 33.3 Å². The second kappa shape index (κ2) is 4.54. The minimum Gasteiger partial charge on any atom is -0.351 e. The lowest BCUT2D eigenvalue weighted by Gasteiger charge is -2.06. The Balaban J connectivity index is 2.22. The topological polar surface area (TPSA) is 107 Å². The fourth-order valence-electron chi connectivity index (χ4n) is 2.96. The zero-order chi connectivity index (χ0) is 16.1. The maximum absolute atomic E-state index is 12.2. The third-order valence-electron chi connectivity index (χ3n) is 3.83. The summed E-state index contributed by atoms with van der Waals surface area (Å²) in [5.41, 5.74) is 11.0. The number of primary amides is 1. The van der Waals surface area contributed by atoms with Crippen LogP contribution in [0.3, 0.4) is 0 Å². The molecular formula is C15H12N6O2. The molecule has 8 nitrogen and oxygen atoms in total. The molecule has 2 amide bonds. The number of nitrogens with two attached hydrogens (primary N) is 1. The smallest absolute Gasteiger partial charge is 0.323 e. The van der Waals surface area contributed by atoms with Crippen molar-refractivity contribution in [1.29, 1.82) is 0 Å². The van der Waals surface area contributed by atoms with Gasteiger partial charge in [0.1, 0.15) is 0 Å². The quantitative estimate of drug-likeness (QED) is 0.701. The minimum atomic E-state index is -0.633. The molecule has 0 spiro atoms. The molecule has 0 aliphatic carbocycles. The molecule has 0 bridgehead atoms. The van der Waals surface area contributed by atoms with E-state index < -0.39 is 6.03 Å². The molecule has 0 saturated heterocycles. The van der Waals surface area contributed by atoms with Crippen LogP contribution in [-0.2, 0) is 7.05 Å². The summed E-state index contributed by atoms with van der Waals surface area (Å²) >= 11 is 0. The lowest BCUT2D eigenvalue weighted by Crippen LogP contribution is -2.21. The number of aromatic nitrogens is 3. The maximum atomic E-state index is 12.2. The van der Waals surface area contributed by atoms with Crippen LogP contribution in [0.15, 0.2) is 35.7 Å². The Labute approximate surface area is 130 Å². The molecule has 8 heteroatoms. The molecular weight excluding hydrogens is 296 g/mol.